The molecule has 33 heavy (non-hydrogen) atoms. The largest absolute Gasteiger partial charge is 0.416 e. The molecule has 0 spiro atoms. The summed E-state index contributed by atoms with van der Waals surface area (Å²) in [6, 6.07) is 19.1. The SMILES string of the molecule is CC1(C(F)(F)F)c2cc(-c3ccc4ccccc4n3)[c-]cc2-c2ccc(C(F)(F)F)cc21.[Ir]. The maximum atomic E-state index is 14.4. The number of alkyl halides is 6. The quantitative estimate of drug-likeness (QED) is 0.156. The van der Waals surface area contributed by atoms with Crippen LogP contribution in [0.5, 0.6) is 0 Å². The molecule has 5 rings (SSSR count). The predicted molar refractivity (Wildman–Crippen MR) is 109 cm³/mol. The van der Waals surface area contributed by atoms with E-state index in [-0.39, 0.29) is 36.8 Å². The van der Waals surface area contributed by atoms with E-state index in [4.69, 9.17) is 0 Å². The van der Waals surface area contributed by atoms with Crippen LogP contribution in [0.25, 0.3) is 33.3 Å². The van der Waals surface area contributed by atoms with Crippen molar-refractivity contribution in [1.82, 2.24) is 4.98 Å². The summed E-state index contributed by atoms with van der Waals surface area (Å²) in [6.45, 7) is 0.926. The summed E-state index contributed by atoms with van der Waals surface area (Å²) in [4.78, 5) is 4.52. The Morgan fingerprint density at radius 3 is 2.21 bits per heavy atom. The maximum Gasteiger partial charge on any atom is 0.416 e. The average Bonchev–Trinajstić information content (AvgIpc) is 3.01. The molecule has 4 aromatic rings. The number of fused-ring (bicyclic) bond motifs is 4. The third-order valence-corrected chi connectivity index (χ3v) is 6.11. The van der Waals surface area contributed by atoms with Gasteiger partial charge in [0.2, 0.25) is 0 Å². The number of hydrogen-bond donors (Lipinski definition) is 0. The van der Waals surface area contributed by atoms with E-state index in [2.05, 4.69) is 11.1 Å². The number of pyridine rings is 1. The van der Waals surface area contributed by atoms with Crippen LogP contribution in [0.2, 0.25) is 0 Å². The monoisotopic (exact) mass is 635 g/mol. The molecule has 0 saturated heterocycles. The van der Waals surface area contributed by atoms with E-state index in [0.717, 1.165) is 24.4 Å². The molecule has 1 aromatic heterocycles. The number of nitrogens with zero attached hydrogens (tertiary/aromatic N) is 1. The van der Waals surface area contributed by atoms with Gasteiger partial charge < -0.3 is 0 Å². The van der Waals surface area contributed by atoms with Crippen LogP contribution < -0.4 is 0 Å². The third-order valence-electron chi connectivity index (χ3n) is 6.11. The van der Waals surface area contributed by atoms with Crippen molar-refractivity contribution >= 4 is 10.9 Å². The van der Waals surface area contributed by atoms with Gasteiger partial charge in [0.25, 0.3) is 0 Å². The molecule has 0 saturated carbocycles. The maximum absolute atomic E-state index is 14.4. The fourth-order valence-corrected chi connectivity index (χ4v) is 4.31. The van der Waals surface area contributed by atoms with Gasteiger partial charge in [0.05, 0.1) is 16.5 Å². The van der Waals surface area contributed by atoms with Crippen LogP contribution >= 0.6 is 0 Å². The van der Waals surface area contributed by atoms with Crippen molar-refractivity contribution in [1.29, 1.82) is 0 Å². The van der Waals surface area contributed by atoms with Gasteiger partial charge in [-0.3, -0.25) is 4.98 Å². The molecule has 0 N–H and O–H groups in total. The van der Waals surface area contributed by atoms with Crippen molar-refractivity contribution in [3.8, 4) is 22.4 Å². The van der Waals surface area contributed by atoms with Crippen molar-refractivity contribution in [2.45, 2.75) is 24.7 Å². The van der Waals surface area contributed by atoms with Crippen LogP contribution in [0.1, 0.15) is 23.6 Å². The van der Waals surface area contributed by atoms with Crippen LogP contribution in [0.15, 0.2) is 66.7 Å². The second-order valence-electron chi connectivity index (χ2n) is 7.94. The third kappa shape index (κ3) is 3.56. The number of benzene rings is 3. The summed E-state index contributed by atoms with van der Waals surface area (Å²) < 4.78 is 82.9. The number of hydrogen-bond acceptors (Lipinski definition) is 1. The summed E-state index contributed by atoms with van der Waals surface area (Å²) in [7, 11) is 0. The van der Waals surface area contributed by atoms with E-state index in [0.29, 0.717) is 22.8 Å². The van der Waals surface area contributed by atoms with Crippen molar-refractivity contribution in [2.24, 2.45) is 0 Å². The Kier molecular flexibility index (Phi) is 5.45. The molecule has 0 bridgehead atoms. The van der Waals surface area contributed by atoms with Crippen molar-refractivity contribution in [3.05, 3.63) is 89.5 Å². The molecule has 1 unspecified atom stereocenters. The van der Waals surface area contributed by atoms with Gasteiger partial charge in [-0.2, -0.15) is 26.3 Å². The zero-order valence-electron chi connectivity index (χ0n) is 16.9. The zero-order valence-corrected chi connectivity index (χ0v) is 19.3. The van der Waals surface area contributed by atoms with E-state index < -0.39 is 28.9 Å². The van der Waals surface area contributed by atoms with E-state index in [1.165, 1.54) is 12.1 Å². The molecule has 0 fully saturated rings. The predicted octanol–water partition coefficient (Wildman–Crippen LogP) is 7.57. The number of aromatic nitrogens is 1. The smallest absolute Gasteiger partial charge is 0.296 e. The molecule has 1 radical (unpaired) electrons. The van der Waals surface area contributed by atoms with E-state index in [9.17, 15) is 26.3 Å². The average molecular weight is 635 g/mol. The van der Waals surface area contributed by atoms with Crippen molar-refractivity contribution in [3.63, 3.8) is 0 Å². The Bertz CT molecular complexity index is 1380. The van der Waals surface area contributed by atoms with Gasteiger partial charge in [-0.05, 0) is 35.7 Å². The van der Waals surface area contributed by atoms with Crippen molar-refractivity contribution < 1.29 is 46.4 Å². The molecular formula is C25H14F6IrN-. The van der Waals surface area contributed by atoms with Gasteiger partial charge in [-0.25, -0.2) is 0 Å². The van der Waals surface area contributed by atoms with Crippen LogP contribution in [0.3, 0.4) is 0 Å². The molecule has 0 aliphatic heterocycles. The fraction of sp³-hybridized carbons (Fsp3) is 0.160. The summed E-state index contributed by atoms with van der Waals surface area (Å²) in [5.74, 6) is 0. The van der Waals surface area contributed by atoms with Gasteiger partial charge in [-0.15, -0.1) is 29.3 Å². The Hall–Kier alpha value is -2.70. The molecule has 1 heterocycles. The first-order chi connectivity index (χ1) is 15.0. The first-order valence-corrected chi connectivity index (χ1v) is 9.71. The second-order valence-corrected chi connectivity index (χ2v) is 7.94. The summed E-state index contributed by atoms with van der Waals surface area (Å²) in [5.41, 5.74) is -2.43. The first-order valence-electron chi connectivity index (χ1n) is 9.71. The van der Waals surface area contributed by atoms with Gasteiger partial charge in [0.1, 0.15) is 0 Å². The number of halogens is 6. The molecule has 8 heteroatoms. The number of rotatable bonds is 1. The number of para-hydroxylation sites is 1. The Morgan fingerprint density at radius 1 is 0.818 bits per heavy atom. The Morgan fingerprint density at radius 2 is 1.52 bits per heavy atom. The van der Waals surface area contributed by atoms with Gasteiger partial charge in [0, 0.05) is 20.1 Å². The topological polar surface area (TPSA) is 12.9 Å². The van der Waals surface area contributed by atoms with E-state index in [1.54, 1.807) is 18.2 Å². The van der Waals surface area contributed by atoms with E-state index >= 15 is 0 Å². The van der Waals surface area contributed by atoms with Gasteiger partial charge >= 0.3 is 12.4 Å². The molecule has 1 aliphatic carbocycles. The Balaban J connectivity index is 0.00000259. The van der Waals surface area contributed by atoms with Crippen molar-refractivity contribution in [2.75, 3.05) is 0 Å². The van der Waals surface area contributed by atoms with Crippen LogP contribution in [0, 0.1) is 6.07 Å². The zero-order chi connectivity index (χ0) is 22.9. The van der Waals surface area contributed by atoms with Gasteiger partial charge in [0.15, 0.2) is 0 Å². The summed E-state index contributed by atoms with van der Waals surface area (Å²) in [6.07, 6.45) is -9.56. The molecule has 1 aliphatic rings. The molecule has 1 nitrogen and oxygen atoms in total. The fourth-order valence-electron chi connectivity index (χ4n) is 4.31. The minimum absolute atomic E-state index is 0. The molecule has 171 valence electrons. The molecule has 3 aromatic carbocycles. The van der Waals surface area contributed by atoms with Crippen LogP contribution in [-0.2, 0) is 31.7 Å². The summed E-state index contributed by atoms with van der Waals surface area (Å²) in [5, 5.41) is 0.879. The van der Waals surface area contributed by atoms with E-state index in [1.807, 2.05) is 18.2 Å². The van der Waals surface area contributed by atoms with Crippen LogP contribution in [-0.4, -0.2) is 11.2 Å². The minimum Gasteiger partial charge on any atom is -0.296 e. The summed E-state index contributed by atoms with van der Waals surface area (Å²) >= 11 is 0. The van der Waals surface area contributed by atoms with Gasteiger partial charge in [-0.1, -0.05) is 53.6 Å². The minimum atomic E-state index is -4.81. The molecule has 0 amide bonds. The Labute approximate surface area is 198 Å². The standard InChI is InChI=1S/C25H14F6N.Ir/c1-23(25(29,30)31)19-12-15(22-11-7-14-4-2-3-5-21(14)32-22)6-9-17(19)18-10-8-16(13-20(18)23)24(26,27)28;/h2-5,7-13H,1H3;/q-1;. The normalized spacial score (nSPS) is 17.4. The second kappa shape index (κ2) is 7.67. The first kappa shape index (κ1) is 23.5. The molecule has 1 atom stereocenters. The molecular weight excluding hydrogens is 620 g/mol. The van der Waals surface area contributed by atoms with Crippen LogP contribution in [0.4, 0.5) is 26.3 Å².